The van der Waals surface area contributed by atoms with Crippen LogP contribution in [0, 0.1) is 0 Å². The highest BCUT2D eigenvalue weighted by Gasteiger charge is 2.06. The monoisotopic (exact) mass is 285 g/mol. The van der Waals surface area contributed by atoms with Crippen LogP contribution in [0.4, 0.5) is 0 Å². The van der Waals surface area contributed by atoms with Crippen LogP contribution >= 0.6 is 0 Å². The number of rotatable bonds is 6. The molecule has 0 unspecified atom stereocenters. The van der Waals surface area contributed by atoms with Crippen LogP contribution in [0.3, 0.4) is 0 Å². The van der Waals surface area contributed by atoms with Crippen molar-refractivity contribution in [2.24, 2.45) is 5.73 Å². The molecular formula is C16H19N3O2. The maximum absolute atomic E-state index is 12.0. The molecule has 0 saturated carbocycles. The molecule has 2 aromatic rings. The van der Waals surface area contributed by atoms with Gasteiger partial charge in [-0.15, -0.1) is 0 Å². The number of hydrogen-bond donors (Lipinski definition) is 2. The minimum atomic E-state index is -0.111. The van der Waals surface area contributed by atoms with E-state index < -0.39 is 0 Å². The highest BCUT2D eigenvalue weighted by atomic mass is 16.5. The number of amides is 1. The Kier molecular flexibility index (Phi) is 5.29. The molecule has 0 bridgehead atoms. The summed E-state index contributed by atoms with van der Waals surface area (Å²) < 4.78 is 5.11. The number of pyridine rings is 1. The fourth-order valence-electron chi connectivity index (χ4n) is 1.95. The van der Waals surface area contributed by atoms with Gasteiger partial charge in [0.25, 0.3) is 5.91 Å². The number of benzene rings is 1. The van der Waals surface area contributed by atoms with Crippen LogP contribution in [0.15, 0.2) is 42.6 Å². The SMILES string of the molecule is COc1ccc(CCNC(=O)c2ccnc(CN)c2)cc1. The third kappa shape index (κ3) is 4.29. The van der Waals surface area contributed by atoms with E-state index in [9.17, 15) is 4.79 Å². The van der Waals surface area contributed by atoms with Gasteiger partial charge in [0.2, 0.25) is 0 Å². The summed E-state index contributed by atoms with van der Waals surface area (Å²) in [4.78, 5) is 16.1. The van der Waals surface area contributed by atoms with Gasteiger partial charge in [-0.1, -0.05) is 12.1 Å². The van der Waals surface area contributed by atoms with Gasteiger partial charge in [-0.25, -0.2) is 0 Å². The lowest BCUT2D eigenvalue weighted by Crippen LogP contribution is -2.26. The zero-order valence-corrected chi connectivity index (χ0v) is 12.0. The Morgan fingerprint density at radius 2 is 2.05 bits per heavy atom. The van der Waals surface area contributed by atoms with E-state index in [2.05, 4.69) is 10.3 Å². The Bertz CT molecular complexity index is 597. The minimum absolute atomic E-state index is 0.111. The maximum atomic E-state index is 12.0. The summed E-state index contributed by atoms with van der Waals surface area (Å²) in [5.74, 6) is 0.717. The van der Waals surface area contributed by atoms with Crippen molar-refractivity contribution in [3.63, 3.8) is 0 Å². The van der Waals surface area contributed by atoms with Gasteiger partial charge in [0.05, 0.1) is 12.8 Å². The third-order valence-corrected chi connectivity index (χ3v) is 3.15. The van der Waals surface area contributed by atoms with E-state index in [1.165, 1.54) is 0 Å². The molecule has 1 heterocycles. The number of hydrogen-bond acceptors (Lipinski definition) is 4. The van der Waals surface area contributed by atoms with E-state index in [1.807, 2.05) is 24.3 Å². The number of ether oxygens (including phenoxy) is 1. The lowest BCUT2D eigenvalue weighted by molar-refractivity contribution is 0.0954. The molecule has 1 aromatic heterocycles. The summed E-state index contributed by atoms with van der Waals surface area (Å²) in [5.41, 5.74) is 7.95. The van der Waals surface area contributed by atoms with Gasteiger partial charge in [0.1, 0.15) is 5.75 Å². The van der Waals surface area contributed by atoms with Crippen molar-refractivity contribution in [1.29, 1.82) is 0 Å². The number of methoxy groups -OCH3 is 1. The van der Waals surface area contributed by atoms with Crippen LogP contribution < -0.4 is 15.8 Å². The van der Waals surface area contributed by atoms with Gasteiger partial charge in [-0.2, -0.15) is 0 Å². The molecule has 21 heavy (non-hydrogen) atoms. The molecule has 0 aliphatic rings. The highest BCUT2D eigenvalue weighted by molar-refractivity contribution is 5.94. The summed E-state index contributed by atoms with van der Waals surface area (Å²) in [5, 5.41) is 2.89. The van der Waals surface area contributed by atoms with Crippen LogP contribution in [0.5, 0.6) is 5.75 Å². The largest absolute Gasteiger partial charge is 0.497 e. The van der Waals surface area contributed by atoms with Crippen LogP contribution in [0.1, 0.15) is 21.6 Å². The van der Waals surface area contributed by atoms with Crippen LogP contribution in [0.2, 0.25) is 0 Å². The quantitative estimate of drug-likeness (QED) is 0.843. The number of carbonyl (C=O) groups excluding carboxylic acids is 1. The van der Waals surface area contributed by atoms with Crippen LogP contribution in [-0.2, 0) is 13.0 Å². The number of nitrogens with one attached hydrogen (secondary N) is 1. The molecule has 3 N–H and O–H groups in total. The molecule has 1 amide bonds. The molecule has 0 atom stereocenters. The van der Waals surface area contributed by atoms with Crippen LogP contribution in [0.25, 0.3) is 0 Å². The average Bonchev–Trinajstić information content (AvgIpc) is 2.55. The van der Waals surface area contributed by atoms with Gasteiger partial charge in [-0.3, -0.25) is 9.78 Å². The Hall–Kier alpha value is -2.40. The van der Waals surface area contributed by atoms with E-state index in [1.54, 1.807) is 25.4 Å². The Morgan fingerprint density at radius 3 is 2.71 bits per heavy atom. The van der Waals surface area contributed by atoms with E-state index in [0.29, 0.717) is 24.3 Å². The molecular weight excluding hydrogens is 266 g/mol. The molecule has 110 valence electrons. The second kappa shape index (κ2) is 7.40. The molecule has 0 spiro atoms. The molecule has 0 fully saturated rings. The maximum Gasteiger partial charge on any atom is 0.251 e. The van der Waals surface area contributed by atoms with E-state index in [4.69, 9.17) is 10.5 Å². The molecule has 5 heteroatoms. The van der Waals surface area contributed by atoms with Gasteiger partial charge < -0.3 is 15.8 Å². The molecule has 0 aliphatic heterocycles. The first-order chi connectivity index (χ1) is 10.2. The molecule has 0 saturated heterocycles. The predicted molar refractivity (Wildman–Crippen MR) is 81.2 cm³/mol. The number of nitrogens with two attached hydrogens (primary N) is 1. The van der Waals surface area contributed by atoms with Crippen molar-refractivity contribution >= 4 is 5.91 Å². The van der Waals surface area contributed by atoms with Crippen molar-refractivity contribution in [3.8, 4) is 5.75 Å². The molecule has 5 nitrogen and oxygen atoms in total. The average molecular weight is 285 g/mol. The van der Waals surface area contributed by atoms with Crippen molar-refractivity contribution in [3.05, 3.63) is 59.4 Å². The Morgan fingerprint density at radius 1 is 1.29 bits per heavy atom. The summed E-state index contributed by atoms with van der Waals surface area (Å²) in [6, 6.07) is 11.2. The van der Waals surface area contributed by atoms with Crippen molar-refractivity contribution < 1.29 is 9.53 Å². The summed E-state index contributed by atoms with van der Waals surface area (Å²) >= 11 is 0. The van der Waals surface area contributed by atoms with E-state index in [0.717, 1.165) is 17.7 Å². The van der Waals surface area contributed by atoms with Gasteiger partial charge in [0, 0.05) is 24.8 Å². The van der Waals surface area contributed by atoms with Crippen molar-refractivity contribution in [2.75, 3.05) is 13.7 Å². The third-order valence-electron chi connectivity index (χ3n) is 3.15. The smallest absolute Gasteiger partial charge is 0.251 e. The van der Waals surface area contributed by atoms with E-state index >= 15 is 0 Å². The second-order valence-electron chi connectivity index (χ2n) is 4.59. The minimum Gasteiger partial charge on any atom is -0.497 e. The lowest BCUT2D eigenvalue weighted by atomic mass is 10.1. The topological polar surface area (TPSA) is 77.2 Å². The lowest BCUT2D eigenvalue weighted by Gasteiger charge is -2.07. The standard InChI is InChI=1S/C16H19N3O2/c1-21-15-4-2-12(3-5-15)6-8-19-16(20)13-7-9-18-14(10-13)11-17/h2-5,7,9-10H,6,8,11,17H2,1H3,(H,19,20). The summed E-state index contributed by atoms with van der Waals surface area (Å²) in [6.45, 7) is 0.901. The highest BCUT2D eigenvalue weighted by Crippen LogP contribution is 2.11. The summed E-state index contributed by atoms with van der Waals surface area (Å²) in [7, 11) is 1.64. The second-order valence-corrected chi connectivity index (χ2v) is 4.59. The first-order valence-corrected chi connectivity index (χ1v) is 6.79. The zero-order valence-electron chi connectivity index (χ0n) is 12.0. The first-order valence-electron chi connectivity index (χ1n) is 6.79. The number of nitrogens with zero attached hydrogens (tertiary/aromatic N) is 1. The van der Waals surface area contributed by atoms with E-state index in [-0.39, 0.29) is 5.91 Å². The number of carbonyl (C=O) groups is 1. The Balaban J connectivity index is 1.85. The fourth-order valence-corrected chi connectivity index (χ4v) is 1.95. The molecule has 2 rings (SSSR count). The molecule has 0 aliphatic carbocycles. The normalized spacial score (nSPS) is 10.2. The number of aromatic nitrogens is 1. The van der Waals surface area contributed by atoms with Gasteiger partial charge in [0.15, 0.2) is 0 Å². The predicted octanol–water partition coefficient (Wildman–Crippen LogP) is 1.52. The zero-order chi connectivity index (χ0) is 15.1. The van der Waals surface area contributed by atoms with Gasteiger partial charge in [-0.05, 0) is 36.2 Å². The van der Waals surface area contributed by atoms with Crippen LogP contribution in [-0.4, -0.2) is 24.5 Å². The fraction of sp³-hybridized carbons (Fsp3) is 0.250. The van der Waals surface area contributed by atoms with Crippen molar-refractivity contribution in [1.82, 2.24) is 10.3 Å². The van der Waals surface area contributed by atoms with Crippen molar-refractivity contribution in [2.45, 2.75) is 13.0 Å². The summed E-state index contributed by atoms with van der Waals surface area (Å²) in [6.07, 6.45) is 2.37. The molecule has 1 aromatic carbocycles. The Labute approximate surface area is 124 Å². The first kappa shape index (κ1) is 15.0. The molecule has 0 radical (unpaired) electrons. The van der Waals surface area contributed by atoms with Gasteiger partial charge >= 0.3 is 0 Å².